The predicted molar refractivity (Wildman–Crippen MR) is 50.7 cm³/mol. The Morgan fingerprint density at radius 3 is 2.57 bits per heavy atom. The van der Waals surface area contributed by atoms with Crippen LogP contribution in [0.1, 0.15) is 26.2 Å². The Balaban J connectivity index is 3.96. The summed E-state index contributed by atoms with van der Waals surface area (Å²) in [6, 6.07) is 0. The first-order chi connectivity index (χ1) is 6.63. The van der Waals surface area contributed by atoms with Gasteiger partial charge in [-0.15, -0.1) is 0 Å². The normalized spacial score (nSPS) is 12.1. The van der Waals surface area contributed by atoms with E-state index in [0.717, 1.165) is 12.8 Å². The molecular weight excluding hydrogens is 186 g/mol. The van der Waals surface area contributed by atoms with Crippen LogP contribution in [-0.2, 0) is 14.3 Å². The zero-order valence-electron chi connectivity index (χ0n) is 8.36. The number of rotatable bonds is 7. The number of ether oxygens (including phenoxy) is 1. The molecule has 0 fully saturated rings. The molecule has 5 heteroatoms. The van der Waals surface area contributed by atoms with Crippen LogP contribution >= 0.6 is 0 Å². The molecule has 0 spiro atoms. The molecule has 0 aliphatic rings. The molecule has 1 atom stereocenters. The van der Waals surface area contributed by atoms with Gasteiger partial charge in [0.15, 0.2) is 5.92 Å². The first-order valence-electron chi connectivity index (χ1n) is 4.73. The van der Waals surface area contributed by atoms with Crippen molar-refractivity contribution in [3.05, 3.63) is 0 Å². The van der Waals surface area contributed by atoms with Crippen molar-refractivity contribution in [3.63, 3.8) is 0 Å². The average Bonchev–Trinajstić information content (AvgIpc) is 2.13. The molecule has 0 saturated carbocycles. The van der Waals surface area contributed by atoms with Crippen molar-refractivity contribution in [1.82, 2.24) is 0 Å². The molecule has 0 rings (SSSR count). The molecule has 0 aromatic heterocycles. The molecule has 0 radical (unpaired) electrons. The minimum atomic E-state index is -1.17. The van der Waals surface area contributed by atoms with Crippen molar-refractivity contribution in [3.8, 4) is 0 Å². The summed E-state index contributed by atoms with van der Waals surface area (Å²) < 4.78 is 4.78. The van der Waals surface area contributed by atoms with Crippen LogP contribution in [0.25, 0.3) is 0 Å². The van der Waals surface area contributed by atoms with Crippen molar-refractivity contribution in [2.24, 2.45) is 11.7 Å². The molecule has 0 aromatic carbocycles. The quantitative estimate of drug-likeness (QED) is 0.354. The van der Waals surface area contributed by atoms with Crippen LogP contribution in [0.15, 0.2) is 0 Å². The van der Waals surface area contributed by atoms with E-state index in [-0.39, 0.29) is 19.6 Å². The summed E-state index contributed by atoms with van der Waals surface area (Å²) in [5.41, 5.74) is 5.19. The van der Waals surface area contributed by atoms with E-state index in [0.29, 0.717) is 0 Å². The summed E-state index contributed by atoms with van der Waals surface area (Å²) >= 11 is 0. The number of aliphatic carboxylic acids is 1. The topological polar surface area (TPSA) is 89.6 Å². The highest BCUT2D eigenvalue weighted by Gasteiger charge is 2.26. The van der Waals surface area contributed by atoms with Gasteiger partial charge in [-0.05, 0) is 19.4 Å². The fourth-order valence-electron chi connectivity index (χ4n) is 0.927. The number of esters is 1. The molecule has 82 valence electrons. The first kappa shape index (κ1) is 12.9. The van der Waals surface area contributed by atoms with E-state index in [1.165, 1.54) is 0 Å². The number of hydrogen-bond acceptors (Lipinski definition) is 4. The minimum Gasteiger partial charge on any atom is -0.481 e. The van der Waals surface area contributed by atoms with Gasteiger partial charge in [0.25, 0.3) is 0 Å². The summed E-state index contributed by atoms with van der Waals surface area (Å²) in [5.74, 6) is -2.97. The highest BCUT2D eigenvalue weighted by atomic mass is 16.5. The van der Waals surface area contributed by atoms with Gasteiger partial charge in [0.1, 0.15) is 0 Å². The summed E-state index contributed by atoms with van der Waals surface area (Å²) in [5, 5.41) is 8.67. The fourth-order valence-corrected chi connectivity index (χ4v) is 0.927. The number of carbonyl (C=O) groups is 2. The lowest BCUT2D eigenvalue weighted by Gasteiger charge is -2.10. The molecule has 0 bridgehead atoms. The van der Waals surface area contributed by atoms with Crippen molar-refractivity contribution in [2.45, 2.75) is 26.2 Å². The number of hydrogen-bond donors (Lipinski definition) is 2. The average molecular weight is 203 g/mol. The number of unbranched alkanes of at least 4 members (excludes halogenated alkanes) is 1. The van der Waals surface area contributed by atoms with Crippen LogP contribution in [-0.4, -0.2) is 30.2 Å². The standard InChI is InChI=1S/C9H17NO4/c1-2-3-6-14-9(13)7(4-5-10)8(11)12/h7H,2-6,10H2,1H3,(H,11,12). The number of nitrogens with two attached hydrogens (primary N) is 1. The molecular formula is C9H17NO4. The number of carbonyl (C=O) groups excluding carboxylic acids is 1. The monoisotopic (exact) mass is 203 g/mol. The number of carboxylic acids is 1. The third-order valence-corrected chi connectivity index (χ3v) is 1.78. The molecule has 14 heavy (non-hydrogen) atoms. The molecule has 0 heterocycles. The fraction of sp³-hybridized carbons (Fsp3) is 0.778. The Labute approximate surface area is 83.2 Å². The SMILES string of the molecule is CCCCOC(=O)C(CCN)C(=O)O. The molecule has 0 amide bonds. The lowest BCUT2D eigenvalue weighted by molar-refractivity contribution is -0.158. The molecule has 0 saturated heterocycles. The highest BCUT2D eigenvalue weighted by molar-refractivity contribution is 5.93. The van der Waals surface area contributed by atoms with Crippen LogP contribution in [0.4, 0.5) is 0 Å². The lowest BCUT2D eigenvalue weighted by atomic mass is 10.1. The van der Waals surface area contributed by atoms with Gasteiger partial charge in [0.2, 0.25) is 0 Å². The van der Waals surface area contributed by atoms with Gasteiger partial charge in [0, 0.05) is 0 Å². The Hall–Kier alpha value is -1.10. The number of carboxylic acid groups (broad SMARTS) is 1. The van der Waals surface area contributed by atoms with Crippen molar-refractivity contribution >= 4 is 11.9 Å². The third-order valence-electron chi connectivity index (χ3n) is 1.78. The van der Waals surface area contributed by atoms with E-state index in [9.17, 15) is 9.59 Å². The van der Waals surface area contributed by atoms with Gasteiger partial charge in [-0.1, -0.05) is 13.3 Å². The van der Waals surface area contributed by atoms with E-state index in [2.05, 4.69) is 0 Å². The third kappa shape index (κ3) is 4.81. The summed E-state index contributed by atoms with van der Waals surface area (Å²) in [6.45, 7) is 2.41. The second kappa shape index (κ2) is 7.32. The maximum Gasteiger partial charge on any atom is 0.320 e. The summed E-state index contributed by atoms with van der Waals surface area (Å²) in [7, 11) is 0. The van der Waals surface area contributed by atoms with Crippen LogP contribution in [0.3, 0.4) is 0 Å². The second-order valence-electron chi connectivity index (χ2n) is 2.99. The van der Waals surface area contributed by atoms with Gasteiger partial charge >= 0.3 is 11.9 Å². The van der Waals surface area contributed by atoms with Crippen LogP contribution in [0.5, 0.6) is 0 Å². The van der Waals surface area contributed by atoms with Gasteiger partial charge < -0.3 is 15.6 Å². The van der Waals surface area contributed by atoms with E-state index >= 15 is 0 Å². The van der Waals surface area contributed by atoms with Gasteiger partial charge in [-0.25, -0.2) is 0 Å². The highest BCUT2D eigenvalue weighted by Crippen LogP contribution is 2.05. The van der Waals surface area contributed by atoms with E-state index < -0.39 is 17.9 Å². The lowest BCUT2D eigenvalue weighted by Crippen LogP contribution is -2.28. The molecule has 5 nitrogen and oxygen atoms in total. The van der Waals surface area contributed by atoms with Crippen LogP contribution in [0.2, 0.25) is 0 Å². The van der Waals surface area contributed by atoms with E-state index in [1.807, 2.05) is 6.92 Å². The maximum absolute atomic E-state index is 11.2. The Morgan fingerprint density at radius 1 is 1.50 bits per heavy atom. The summed E-state index contributed by atoms with van der Waals surface area (Å²) in [6.07, 6.45) is 1.78. The van der Waals surface area contributed by atoms with Crippen molar-refractivity contribution in [1.29, 1.82) is 0 Å². The van der Waals surface area contributed by atoms with Gasteiger partial charge in [0.05, 0.1) is 6.61 Å². The van der Waals surface area contributed by atoms with Gasteiger partial charge in [-0.3, -0.25) is 9.59 Å². The van der Waals surface area contributed by atoms with Crippen molar-refractivity contribution in [2.75, 3.05) is 13.2 Å². The second-order valence-corrected chi connectivity index (χ2v) is 2.99. The minimum absolute atomic E-state index is 0.125. The molecule has 1 unspecified atom stereocenters. The largest absolute Gasteiger partial charge is 0.481 e. The first-order valence-corrected chi connectivity index (χ1v) is 4.73. The van der Waals surface area contributed by atoms with Crippen LogP contribution in [0, 0.1) is 5.92 Å². The predicted octanol–water partition coefficient (Wildman–Crippen LogP) is 0.379. The Morgan fingerprint density at radius 2 is 2.14 bits per heavy atom. The molecule has 0 aromatic rings. The zero-order valence-corrected chi connectivity index (χ0v) is 8.36. The van der Waals surface area contributed by atoms with Crippen molar-refractivity contribution < 1.29 is 19.4 Å². The molecule has 3 N–H and O–H groups in total. The molecule has 0 aliphatic heterocycles. The van der Waals surface area contributed by atoms with Crippen LogP contribution < -0.4 is 5.73 Å². The van der Waals surface area contributed by atoms with E-state index in [1.54, 1.807) is 0 Å². The van der Waals surface area contributed by atoms with Gasteiger partial charge in [-0.2, -0.15) is 0 Å². The molecule has 0 aliphatic carbocycles. The zero-order chi connectivity index (χ0) is 11.0. The van der Waals surface area contributed by atoms with E-state index in [4.69, 9.17) is 15.6 Å². The summed E-state index contributed by atoms with van der Waals surface area (Å²) in [4.78, 5) is 21.8. The maximum atomic E-state index is 11.2. The Bertz CT molecular complexity index is 193. The Kier molecular flexibility index (Phi) is 6.74. The smallest absolute Gasteiger partial charge is 0.320 e.